The van der Waals surface area contributed by atoms with E-state index in [-0.39, 0.29) is 40.0 Å². The second-order valence-corrected chi connectivity index (χ2v) is 11.4. The van der Waals surface area contributed by atoms with Crippen LogP contribution in [0.25, 0.3) is 6.08 Å². The Morgan fingerprint density at radius 3 is 1.73 bits per heavy atom. The van der Waals surface area contributed by atoms with Crippen molar-refractivity contribution < 1.29 is 74.2 Å². The minimum absolute atomic E-state index is 0.121. The summed E-state index contributed by atoms with van der Waals surface area (Å²) < 4.78 is 16.7. The first-order valence-corrected chi connectivity index (χ1v) is 15.1. The number of aromatic hydroxyl groups is 6. The molecule has 51 heavy (non-hydrogen) atoms. The second kappa shape index (κ2) is 14.7. The van der Waals surface area contributed by atoms with Crippen molar-refractivity contribution in [1.82, 2.24) is 0 Å². The molecular weight excluding hydrogens is 672 g/mol. The molecule has 15 nitrogen and oxygen atoms in total. The zero-order valence-electron chi connectivity index (χ0n) is 26.2. The zero-order chi connectivity index (χ0) is 37.0. The number of phenols is 6. The summed E-state index contributed by atoms with van der Waals surface area (Å²) in [7, 11) is 0. The maximum Gasteiger partial charge on any atom is 0.345 e. The standard InChI is InChI=1S/C36H30O15/c37-21-8-4-17(12-24(21)40)14-28(34(44)45)49-30(43)11-7-19-2-1-3-27-31(19)32(33(50-27)20-6-10-23(39)26(42)16-20)36(48)51-29(35(46)47)15-18-5-9-22(38)25(41)13-18/h1-13,16,28-29,32-33,37-42H,14-15H2,(H,44,45)(H,46,47)/b11-7+/t28-,29-,32+,33-/m1/s1. The Hall–Kier alpha value is -6.90. The van der Waals surface area contributed by atoms with Crippen LogP contribution in [-0.2, 0) is 41.5 Å². The number of phenolic OH excluding ortho intramolecular Hbond substituents is 6. The lowest BCUT2D eigenvalue weighted by Crippen LogP contribution is -2.33. The van der Waals surface area contributed by atoms with Gasteiger partial charge in [0.1, 0.15) is 17.8 Å². The van der Waals surface area contributed by atoms with Gasteiger partial charge in [0.15, 0.2) is 34.5 Å². The van der Waals surface area contributed by atoms with Crippen molar-refractivity contribution in [2.45, 2.75) is 37.1 Å². The lowest BCUT2D eigenvalue weighted by atomic mass is 9.88. The van der Waals surface area contributed by atoms with Crippen molar-refractivity contribution >= 4 is 30.0 Å². The predicted octanol–water partition coefficient (Wildman–Crippen LogP) is 3.63. The van der Waals surface area contributed by atoms with E-state index in [0.29, 0.717) is 0 Å². The Bertz CT molecular complexity index is 2040. The van der Waals surface area contributed by atoms with E-state index in [4.69, 9.17) is 14.2 Å². The molecule has 8 N–H and O–H groups in total. The van der Waals surface area contributed by atoms with E-state index >= 15 is 0 Å². The van der Waals surface area contributed by atoms with E-state index in [9.17, 15) is 60.0 Å². The number of aliphatic carboxylic acids is 2. The van der Waals surface area contributed by atoms with Crippen LogP contribution in [0.3, 0.4) is 0 Å². The molecule has 5 rings (SSSR count). The number of carboxylic acid groups (broad SMARTS) is 2. The van der Waals surface area contributed by atoms with Crippen LogP contribution in [0.5, 0.6) is 40.2 Å². The highest BCUT2D eigenvalue weighted by Crippen LogP contribution is 2.49. The Kier molecular flexibility index (Phi) is 10.2. The molecule has 4 atom stereocenters. The number of hydrogen-bond donors (Lipinski definition) is 8. The van der Waals surface area contributed by atoms with Gasteiger partial charge in [-0.05, 0) is 70.8 Å². The molecule has 0 spiro atoms. The van der Waals surface area contributed by atoms with E-state index < -0.39 is 89.0 Å². The highest BCUT2D eigenvalue weighted by atomic mass is 16.6. The molecule has 1 aliphatic heterocycles. The van der Waals surface area contributed by atoms with Gasteiger partial charge in [0, 0.05) is 24.5 Å². The molecule has 0 fully saturated rings. The third-order valence-corrected chi connectivity index (χ3v) is 7.94. The van der Waals surface area contributed by atoms with Crippen molar-refractivity contribution in [3.8, 4) is 40.2 Å². The van der Waals surface area contributed by atoms with E-state index in [0.717, 1.165) is 42.5 Å². The number of hydrogen-bond acceptors (Lipinski definition) is 13. The Labute approximate surface area is 288 Å². The number of rotatable bonds is 12. The SMILES string of the molecule is O=C(/C=C/c1cccc2c1[C@H](C(=O)O[C@H](Cc1ccc(O)c(O)c1)C(=O)O)[C@@H](c1ccc(O)c(O)c1)O2)O[C@H](Cc1ccc(O)c(O)c1)C(=O)O. The van der Waals surface area contributed by atoms with Crippen molar-refractivity contribution in [1.29, 1.82) is 0 Å². The van der Waals surface area contributed by atoms with Gasteiger partial charge < -0.3 is 55.1 Å². The average molecular weight is 703 g/mol. The van der Waals surface area contributed by atoms with Gasteiger partial charge in [-0.1, -0.05) is 30.3 Å². The number of carbonyl (C=O) groups excluding carboxylic acids is 2. The summed E-state index contributed by atoms with van der Waals surface area (Å²) in [6, 6.07) is 15.4. The second-order valence-electron chi connectivity index (χ2n) is 11.4. The average Bonchev–Trinajstić information content (AvgIpc) is 3.48. The highest BCUT2D eigenvalue weighted by molar-refractivity contribution is 5.91. The van der Waals surface area contributed by atoms with Crippen molar-refractivity contribution in [3.05, 3.63) is 107 Å². The van der Waals surface area contributed by atoms with Gasteiger partial charge in [-0.3, -0.25) is 4.79 Å². The summed E-state index contributed by atoms with van der Waals surface area (Å²) >= 11 is 0. The van der Waals surface area contributed by atoms with Gasteiger partial charge in [0.25, 0.3) is 0 Å². The normalized spacial score (nSPS) is 16.1. The first-order valence-electron chi connectivity index (χ1n) is 15.1. The maximum atomic E-state index is 13.9. The van der Waals surface area contributed by atoms with E-state index in [1.54, 1.807) is 0 Å². The number of carboxylic acids is 2. The molecule has 0 saturated heterocycles. The Balaban J connectivity index is 1.44. The molecule has 0 unspecified atom stereocenters. The summed E-state index contributed by atoms with van der Waals surface area (Å²) in [5.41, 5.74) is 1.00. The van der Waals surface area contributed by atoms with Crippen LogP contribution in [-0.4, -0.2) is 76.9 Å². The van der Waals surface area contributed by atoms with E-state index in [1.807, 2.05) is 0 Å². The van der Waals surface area contributed by atoms with Gasteiger partial charge in [0.05, 0.1) is 0 Å². The Morgan fingerprint density at radius 2 is 1.20 bits per heavy atom. The summed E-state index contributed by atoms with van der Waals surface area (Å²) in [5.74, 6) is -9.36. The summed E-state index contributed by atoms with van der Waals surface area (Å²) in [6.45, 7) is 0. The number of benzene rings is 4. The molecule has 0 aromatic heterocycles. The first-order chi connectivity index (χ1) is 24.2. The minimum atomic E-state index is -1.78. The summed E-state index contributed by atoms with van der Waals surface area (Å²) in [6.07, 6.45) is -3.32. The Morgan fingerprint density at radius 1 is 0.667 bits per heavy atom. The third kappa shape index (κ3) is 8.05. The van der Waals surface area contributed by atoms with Gasteiger partial charge in [-0.15, -0.1) is 0 Å². The molecule has 0 bridgehead atoms. The molecule has 264 valence electrons. The number of fused-ring (bicyclic) bond motifs is 1. The van der Waals surface area contributed by atoms with Gasteiger partial charge in [0.2, 0.25) is 12.2 Å². The maximum absolute atomic E-state index is 13.9. The fraction of sp³-hybridized carbons (Fsp3) is 0.167. The molecule has 0 amide bonds. The molecular formula is C36H30O15. The quantitative estimate of drug-likeness (QED) is 0.0596. The number of ether oxygens (including phenoxy) is 3. The van der Waals surface area contributed by atoms with Crippen LogP contribution in [0.4, 0.5) is 0 Å². The molecule has 0 saturated carbocycles. The predicted molar refractivity (Wildman–Crippen MR) is 173 cm³/mol. The van der Waals surface area contributed by atoms with Gasteiger partial charge >= 0.3 is 23.9 Å². The van der Waals surface area contributed by atoms with Gasteiger partial charge in [-0.2, -0.15) is 0 Å². The fourth-order valence-electron chi connectivity index (χ4n) is 5.45. The molecule has 15 heteroatoms. The minimum Gasteiger partial charge on any atom is -0.504 e. The van der Waals surface area contributed by atoms with Crippen molar-refractivity contribution in [2.24, 2.45) is 0 Å². The third-order valence-electron chi connectivity index (χ3n) is 7.94. The zero-order valence-corrected chi connectivity index (χ0v) is 26.2. The molecule has 4 aromatic rings. The van der Waals surface area contributed by atoms with Crippen LogP contribution in [0, 0.1) is 0 Å². The van der Waals surface area contributed by atoms with Crippen LogP contribution in [0.1, 0.15) is 39.8 Å². The van der Waals surface area contributed by atoms with Crippen LogP contribution in [0.2, 0.25) is 0 Å². The topological polar surface area (TPSA) is 258 Å². The fourth-order valence-corrected chi connectivity index (χ4v) is 5.45. The monoisotopic (exact) mass is 702 g/mol. The smallest absolute Gasteiger partial charge is 0.345 e. The molecule has 0 radical (unpaired) electrons. The largest absolute Gasteiger partial charge is 0.504 e. The summed E-state index contributed by atoms with van der Waals surface area (Å²) in [4.78, 5) is 50.8. The van der Waals surface area contributed by atoms with Crippen LogP contribution >= 0.6 is 0 Å². The van der Waals surface area contributed by atoms with E-state index in [1.165, 1.54) is 42.5 Å². The molecule has 1 aliphatic rings. The van der Waals surface area contributed by atoms with Crippen molar-refractivity contribution in [2.75, 3.05) is 0 Å². The highest BCUT2D eigenvalue weighted by Gasteiger charge is 2.44. The van der Waals surface area contributed by atoms with Crippen LogP contribution in [0.15, 0.2) is 78.9 Å². The molecule has 0 aliphatic carbocycles. The van der Waals surface area contributed by atoms with Crippen LogP contribution < -0.4 is 4.74 Å². The molecule has 1 heterocycles. The van der Waals surface area contributed by atoms with E-state index in [2.05, 4.69) is 0 Å². The van der Waals surface area contributed by atoms with Gasteiger partial charge in [-0.25, -0.2) is 14.4 Å². The lowest BCUT2D eigenvalue weighted by molar-refractivity contribution is -0.166. The number of carbonyl (C=O) groups is 4. The molecule has 4 aromatic carbocycles. The first kappa shape index (κ1) is 35.4. The summed E-state index contributed by atoms with van der Waals surface area (Å²) in [5, 5.41) is 78.3. The number of esters is 2. The lowest BCUT2D eigenvalue weighted by Gasteiger charge is -2.22. The van der Waals surface area contributed by atoms with Crippen molar-refractivity contribution in [3.63, 3.8) is 0 Å².